The van der Waals surface area contributed by atoms with E-state index in [-0.39, 0.29) is 5.56 Å². The van der Waals surface area contributed by atoms with Crippen LogP contribution in [0.15, 0.2) is 30.3 Å². The Morgan fingerprint density at radius 1 is 1.14 bits per heavy atom. The van der Waals surface area contributed by atoms with Crippen molar-refractivity contribution in [3.8, 4) is 0 Å². The maximum atomic E-state index is 12.3. The molecule has 0 spiro atoms. The van der Waals surface area contributed by atoms with E-state index in [0.29, 0.717) is 0 Å². The number of carbonyl (C=O) groups is 3. The maximum Gasteiger partial charge on any atom is 0.471 e. The summed E-state index contributed by atoms with van der Waals surface area (Å²) in [5, 5.41) is 1.50. The fraction of sp³-hybridized carbons (Fsp3) is 0.357. The molecule has 1 aromatic carbocycles. The molecular formula is C14H14F3NO4. The standard InChI is InChI=1S/C14H14F3NO4/c1-8(11(19)9-6-4-3-5-7-9)10(12(20)22-2)18-13(21)14(15,16)17/h3-8,10H,1-2H3,(H,18,21)/t8-,10-/m0/s1. The molecule has 120 valence electrons. The van der Waals surface area contributed by atoms with Crippen LogP contribution in [0.3, 0.4) is 0 Å². The molecule has 0 aliphatic carbocycles. The molecule has 2 atom stereocenters. The van der Waals surface area contributed by atoms with Gasteiger partial charge in [-0.05, 0) is 0 Å². The lowest BCUT2D eigenvalue weighted by atomic mass is 9.92. The van der Waals surface area contributed by atoms with Gasteiger partial charge >= 0.3 is 18.1 Å². The van der Waals surface area contributed by atoms with E-state index in [0.717, 1.165) is 7.11 Å². The van der Waals surface area contributed by atoms with Gasteiger partial charge in [-0.25, -0.2) is 4.79 Å². The minimum Gasteiger partial charge on any atom is -0.467 e. The van der Waals surface area contributed by atoms with Crippen LogP contribution in [-0.2, 0) is 14.3 Å². The second-order valence-electron chi connectivity index (χ2n) is 4.49. The summed E-state index contributed by atoms with van der Waals surface area (Å²) in [7, 11) is 0.953. The minimum atomic E-state index is -5.16. The van der Waals surface area contributed by atoms with Crippen LogP contribution >= 0.6 is 0 Å². The normalized spacial score (nSPS) is 13.9. The second-order valence-corrected chi connectivity index (χ2v) is 4.49. The lowest BCUT2D eigenvalue weighted by Gasteiger charge is -2.22. The molecule has 1 aromatic rings. The first kappa shape index (κ1) is 17.7. The van der Waals surface area contributed by atoms with Crippen molar-refractivity contribution in [3.63, 3.8) is 0 Å². The number of rotatable bonds is 5. The number of alkyl halides is 3. The smallest absolute Gasteiger partial charge is 0.467 e. The average molecular weight is 317 g/mol. The number of esters is 1. The topological polar surface area (TPSA) is 72.5 Å². The summed E-state index contributed by atoms with van der Waals surface area (Å²) >= 11 is 0. The molecule has 0 saturated heterocycles. The Hall–Kier alpha value is -2.38. The van der Waals surface area contributed by atoms with Crippen molar-refractivity contribution in [1.29, 1.82) is 0 Å². The molecule has 0 unspecified atom stereocenters. The van der Waals surface area contributed by atoms with E-state index in [1.54, 1.807) is 18.2 Å². The fourth-order valence-corrected chi connectivity index (χ4v) is 1.75. The quantitative estimate of drug-likeness (QED) is 0.663. The Kier molecular flexibility index (Phi) is 5.67. The highest BCUT2D eigenvalue weighted by atomic mass is 19.4. The van der Waals surface area contributed by atoms with E-state index in [1.165, 1.54) is 24.4 Å². The summed E-state index contributed by atoms with van der Waals surface area (Å²) in [6.07, 6.45) is -5.16. The van der Waals surface area contributed by atoms with Crippen LogP contribution in [-0.4, -0.2) is 37.0 Å². The summed E-state index contributed by atoms with van der Waals surface area (Å²) < 4.78 is 41.3. The summed E-state index contributed by atoms with van der Waals surface area (Å²) in [6, 6.07) is 5.98. The number of hydrogen-bond acceptors (Lipinski definition) is 4. The van der Waals surface area contributed by atoms with Crippen molar-refractivity contribution in [1.82, 2.24) is 5.32 Å². The number of amides is 1. The van der Waals surface area contributed by atoms with Gasteiger partial charge < -0.3 is 10.1 Å². The number of carbonyl (C=O) groups excluding carboxylic acids is 3. The van der Waals surface area contributed by atoms with E-state index in [4.69, 9.17) is 0 Å². The Morgan fingerprint density at radius 2 is 1.68 bits per heavy atom. The number of halogens is 3. The zero-order chi connectivity index (χ0) is 16.9. The van der Waals surface area contributed by atoms with Crippen LogP contribution in [0.4, 0.5) is 13.2 Å². The number of Topliss-reactive ketones (excluding diaryl/α,β-unsaturated/α-hetero) is 1. The van der Waals surface area contributed by atoms with Crippen LogP contribution < -0.4 is 5.32 Å². The highest BCUT2D eigenvalue weighted by molar-refractivity contribution is 6.01. The first-order valence-electron chi connectivity index (χ1n) is 6.23. The number of methoxy groups -OCH3 is 1. The lowest BCUT2D eigenvalue weighted by Crippen LogP contribution is -2.52. The molecular weight excluding hydrogens is 303 g/mol. The van der Waals surface area contributed by atoms with E-state index in [2.05, 4.69) is 4.74 Å². The zero-order valence-corrected chi connectivity index (χ0v) is 11.8. The van der Waals surface area contributed by atoms with Crippen molar-refractivity contribution in [2.75, 3.05) is 7.11 Å². The van der Waals surface area contributed by atoms with Crippen LogP contribution in [0, 0.1) is 5.92 Å². The molecule has 0 aliphatic rings. The van der Waals surface area contributed by atoms with Gasteiger partial charge in [-0.15, -0.1) is 0 Å². The SMILES string of the molecule is COC(=O)[C@@H](NC(=O)C(F)(F)F)[C@H](C)C(=O)c1ccccc1. The summed E-state index contributed by atoms with van der Waals surface area (Å²) in [5.74, 6) is -5.25. The van der Waals surface area contributed by atoms with Crippen molar-refractivity contribution in [2.45, 2.75) is 19.1 Å². The summed E-state index contributed by atoms with van der Waals surface area (Å²) in [4.78, 5) is 34.8. The highest BCUT2D eigenvalue weighted by Crippen LogP contribution is 2.18. The monoisotopic (exact) mass is 317 g/mol. The van der Waals surface area contributed by atoms with Gasteiger partial charge in [-0.3, -0.25) is 9.59 Å². The highest BCUT2D eigenvalue weighted by Gasteiger charge is 2.43. The van der Waals surface area contributed by atoms with Crippen LogP contribution in [0.5, 0.6) is 0 Å². The first-order valence-corrected chi connectivity index (χ1v) is 6.23. The van der Waals surface area contributed by atoms with Crippen molar-refractivity contribution < 1.29 is 32.3 Å². The Morgan fingerprint density at radius 3 is 2.14 bits per heavy atom. The van der Waals surface area contributed by atoms with Gasteiger partial charge in [0.25, 0.3) is 0 Å². The zero-order valence-electron chi connectivity index (χ0n) is 11.8. The number of benzene rings is 1. The molecule has 0 aromatic heterocycles. The molecule has 0 heterocycles. The average Bonchev–Trinajstić information content (AvgIpc) is 2.50. The van der Waals surface area contributed by atoms with Gasteiger partial charge in [0.15, 0.2) is 5.78 Å². The minimum absolute atomic E-state index is 0.213. The van der Waals surface area contributed by atoms with Crippen molar-refractivity contribution >= 4 is 17.7 Å². The third kappa shape index (κ3) is 4.31. The predicted molar refractivity (Wildman–Crippen MR) is 69.9 cm³/mol. The van der Waals surface area contributed by atoms with Gasteiger partial charge in [0.2, 0.25) is 0 Å². The van der Waals surface area contributed by atoms with E-state index in [9.17, 15) is 27.6 Å². The molecule has 1 rings (SSSR count). The number of ketones is 1. The molecule has 0 aliphatic heterocycles. The molecule has 0 fully saturated rings. The largest absolute Gasteiger partial charge is 0.471 e. The molecule has 8 heteroatoms. The number of nitrogens with one attached hydrogen (secondary N) is 1. The Labute approximate surface area is 124 Å². The van der Waals surface area contributed by atoms with Crippen molar-refractivity contribution in [3.05, 3.63) is 35.9 Å². The first-order chi connectivity index (χ1) is 10.2. The Bertz CT molecular complexity index is 557. The molecule has 1 amide bonds. The van der Waals surface area contributed by atoms with Gasteiger partial charge in [0.05, 0.1) is 13.0 Å². The third-order valence-electron chi connectivity index (χ3n) is 2.97. The molecule has 1 N–H and O–H groups in total. The summed E-state index contributed by atoms with van der Waals surface area (Å²) in [5.41, 5.74) is 0.213. The summed E-state index contributed by atoms with van der Waals surface area (Å²) in [6.45, 7) is 1.24. The van der Waals surface area contributed by atoms with Crippen LogP contribution in [0.2, 0.25) is 0 Å². The lowest BCUT2D eigenvalue weighted by molar-refractivity contribution is -0.176. The van der Waals surface area contributed by atoms with E-state index in [1.807, 2.05) is 0 Å². The molecule has 22 heavy (non-hydrogen) atoms. The fourth-order valence-electron chi connectivity index (χ4n) is 1.75. The predicted octanol–water partition coefficient (Wildman–Crippen LogP) is 1.73. The van der Waals surface area contributed by atoms with Crippen LogP contribution in [0.1, 0.15) is 17.3 Å². The van der Waals surface area contributed by atoms with Gasteiger partial charge in [-0.1, -0.05) is 37.3 Å². The van der Waals surface area contributed by atoms with Crippen molar-refractivity contribution in [2.24, 2.45) is 5.92 Å². The molecule has 0 saturated carbocycles. The van der Waals surface area contributed by atoms with Crippen LogP contribution in [0.25, 0.3) is 0 Å². The van der Waals surface area contributed by atoms with Gasteiger partial charge in [-0.2, -0.15) is 13.2 Å². The van der Waals surface area contributed by atoms with Gasteiger partial charge in [0.1, 0.15) is 6.04 Å². The van der Waals surface area contributed by atoms with E-state index < -0.39 is 35.8 Å². The molecule has 5 nitrogen and oxygen atoms in total. The molecule has 0 radical (unpaired) electrons. The number of ether oxygens (including phenoxy) is 1. The Balaban J connectivity index is 2.99. The molecule has 0 bridgehead atoms. The third-order valence-corrected chi connectivity index (χ3v) is 2.97. The maximum absolute atomic E-state index is 12.3. The van der Waals surface area contributed by atoms with Gasteiger partial charge in [0, 0.05) is 5.56 Å². The second kappa shape index (κ2) is 7.06. The number of hydrogen-bond donors (Lipinski definition) is 1. The van der Waals surface area contributed by atoms with E-state index >= 15 is 0 Å².